The Kier molecular flexibility index (Phi) is 1.91. The van der Waals surface area contributed by atoms with E-state index in [4.69, 9.17) is 11.6 Å². The van der Waals surface area contributed by atoms with Crippen LogP contribution in [-0.2, 0) is 0 Å². The van der Waals surface area contributed by atoms with Crippen LogP contribution in [0.25, 0.3) is 32.7 Å². The van der Waals surface area contributed by atoms with E-state index >= 15 is 0 Å². The molecule has 2 nitrogen and oxygen atoms in total. The second-order valence-electron chi connectivity index (χ2n) is 4.38. The van der Waals surface area contributed by atoms with Gasteiger partial charge in [0.2, 0.25) is 0 Å². The molecule has 0 unspecified atom stereocenters. The van der Waals surface area contributed by atoms with E-state index in [1.807, 2.05) is 36.5 Å². The van der Waals surface area contributed by atoms with E-state index in [0.29, 0.717) is 0 Å². The molecule has 0 aliphatic carbocycles. The summed E-state index contributed by atoms with van der Waals surface area (Å²) in [7, 11) is 0. The van der Waals surface area contributed by atoms with E-state index in [2.05, 4.69) is 22.1 Å². The van der Waals surface area contributed by atoms with Crippen LogP contribution >= 0.6 is 11.6 Å². The molecule has 0 radical (unpaired) electrons. The highest BCUT2D eigenvalue weighted by atomic mass is 35.5. The average molecular weight is 253 g/mol. The Labute approximate surface area is 108 Å². The summed E-state index contributed by atoms with van der Waals surface area (Å²) in [6.45, 7) is 0. The molecule has 0 bridgehead atoms. The van der Waals surface area contributed by atoms with Crippen molar-refractivity contribution in [1.82, 2.24) is 9.97 Å². The van der Waals surface area contributed by atoms with Crippen LogP contribution in [0, 0.1) is 0 Å². The van der Waals surface area contributed by atoms with E-state index in [9.17, 15) is 0 Å². The van der Waals surface area contributed by atoms with Crippen LogP contribution in [0.1, 0.15) is 0 Å². The number of H-pyrrole nitrogens is 1. The van der Waals surface area contributed by atoms with Crippen LogP contribution in [0.2, 0.25) is 5.02 Å². The van der Waals surface area contributed by atoms with Gasteiger partial charge >= 0.3 is 0 Å². The van der Waals surface area contributed by atoms with Crippen LogP contribution in [0.15, 0.2) is 48.7 Å². The number of aromatic amines is 1. The summed E-state index contributed by atoms with van der Waals surface area (Å²) in [5.41, 5.74) is 3.18. The van der Waals surface area contributed by atoms with Crippen LogP contribution in [-0.4, -0.2) is 9.97 Å². The van der Waals surface area contributed by atoms with Gasteiger partial charge in [-0.1, -0.05) is 29.8 Å². The number of rotatable bonds is 0. The number of pyridine rings is 1. The first kappa shape index (κ1) is 9.92. The third-order valence-electron chi connectivity index (χ3n) is 3.31. The highest BCUT2D eigenvalue weighted by molar-refractivity contribution is 6.32. The smallest absolute Gasteiger partial charge is 0.0724 e. The molecule has 0 aliphatic rings. The number of nitrogens with zero attached hydrogens (tertiary/aromatic N) is 1. The van der Waals surface area contributed by atoms with E-state index < -0.39 is 0 Å². The van der Waals surface area contributed by atoms with E-state index in [-0.39, 0.29) is 0 Å². The standard InChI is InChI=1S/C15H9ClN2/c16-9-5-6-13-11(7-9)15-12(8-17-13)10-3-1-2-4-14(10)18-15/h1-8,18H. The largest absolute Gasteiger partial charge is 0.354 e. The Bertz CT molecular complexity index is 893. The van der Waals surface area contributed by atoms with Crippen LogP contribution < -0.4 is 0 Å². The first-order valence-corrected chi connectivity index (χ1v) is 6.15. The van der Waals surface area contributed by atoms with Crippen molar-refractivity contribution in [3.63, 3.8) is 0 Å². The number of hydrogen-bond acceptors (Lipinski definition) is 1. The molecule has 0 aliphatic heterocycles. The van der Waals surface area contributed by atoms with Gasteiger partial charge in [-0.15, -0.1) is 0 Å². The Morgan fingerprint density at radius 3 is 2.78 bits per heavy atom. The number of nitrogens with one attached hydrogen (secondary N) is 1. The molecule has 3 heteroatoms. The number of halogens is 1. The Morgan fingerprint density at radius 1 is 0.944 bits per heavy atom. The average Bonchev–Trinajstić information content (AvgIpc) is 2.78. The topological polar surface area (TPSA) is 28.7 Å². The molecule has 86 valence electrons. The van der Waals surface area contributed by atoms with Crippen molar-refractivity contribution in [1.29, 1.82) is 0 Å². The fourth-order valence-electron chi connectivity index (χ4n) is 2.47. The van der Waals surface area contributed by atoms with Gasteiger partial charge in [-0.3, -0.25) is 4.98 Å². The molecule has 0 spiro atoms. The molecule has 2 heterocycles. The van der Waals surface area contributed by atoms with E-state index in [0.717, 1.165) is 32.3 Å². The molecule has 0 atom stereocenters. The highest BCUT2D eigenvalue weighted by Gasteiger charge is 2.08. The predicted octanol–water partition coefficient (Wildman–Crippen LogP) is 4.52. The second-order valence-corrected chi connectivity index (χ2v) is 4.82. The maximum Gasteiger partial charge on any atom is 0.0724 e. The zero-order valence-electron chi connectivity index (χ0n) is 9.44. The van der Waals surface area contributed by atoms with Gasteiger partial charge in [0.05, 0.1) is 11.0 Å². The summed E-state index contributed by atoms with van der Waals surface area (Å²) in [5, 5.41) is 4.13. The monoisotopic (exact) mass is 252 g/mol. The van der Waals surface area contributed by atoms with Gasteiger partial charge in [-0.25, -0.2) is 0 Å². The number of benzene rings is 2. The summed E-state index contributed by atoms with van der Waals surface area (Å²) in [4.78, 5) is 7.94. The molecule has 2 aromatic carbocycles. The van der Waals surface area contributed by atoms with Crippen molar-refractivity contribution < 1.29 is 0 Å². The Hall–Kier alpha value is -2.06. The molecule has 4 rings (SSSR count). The third kappa shape index (κ3) is 1.27. The summed E-state index contributed by atoms with van der Waals surface area (Å²) in [5.74, 6) is 0. The minimum absolute atomic E-state index is 0.732. The van der Waals surface area contributed by atoms with Crippen molar-refractivity contribution in [2.75, 3.05) is 0 Å². The number of aromatic nitrogens is 2. The molecular formula is C15H9ClN2. The fourth-order valence-corrected chi connectivity index (χ4v) is 2.64. The zero-order chi connectivity index (χ0) is 12.1. The lowest BCUT2D eigenvalue weighted by Crippen LogP contribution is -1.80. The van der Waals surface area contributed by atoms with Gasteiger partial charge in [0.1, 0.15) is 0 Å². The first-order valence-electron chi connectivity index (χ1n) is 5.77. The van der Waals surface area contributed by atoms with Gasteiger partial charge in [0.25, 0.3) is 0 Å². The maximum absolute atomic E-state index is 6.08. The normalized spacial score (nSPS) is 11.6. The van der Waals surface area contributed by atoms with Gasteiger partial charge in [-0.2, -0.15) is 0 Å². The second kappa shape index (κ2) is 3.47. The minimum atomic E-state index is 0.732. The van der Waals surface area contributed by atoms with Crippen molar-refractivity contribution in [2.45, 2.75) is 0 Å². The lowest BCUT2D eigenvalue weighted by Gasteiger charge is -1.99. The number of para-hydroxylation sites is 1. The van der Waals surface area contributed by atoms with Crippen molar-refractivity contribution in [3.8, 4) is 0 Å². The van der Waals surface area contributed by atoms with Gasteiger partial charge in [0.15, 0.2) is 0 Å². The third-order valence-corrected chi connectivity index (χ3v) is 3.54. The van der Waals surface area contributed by atoms with E-state index in [1.54, 1.807) is 0 Å². The number of fused-ring (bicyclic) bond motifs is 5. The summed E-state index contributed by atoms with van der Waals surface area (Å²) < 4.78 is 0. The SMILES string of the molecule is Clc1ccc2ncc3c4ccccc4[nH]c3c2c1. The van der Waals surface area contributed by atoms with Crippen LogP contribution in [0.5, 0.6) is 0 Å². The quantitative estimate of drug-likeness (QED) is 0.490. The fraction of sp³-hybridized carbons (Fsp3) is 0. The lowest BCUT2D eigenvalue weighted by molar-refractivity contribution is 1.44. The highest BCUT2D eigenvalue weighted by Crippen LogP contribution is 2.30. The van der Waals surface area contributed by atoms with Crippen molar-refractivity contribution in [3.05, 3.63) is 53.7 Å². The summed E-state index contributed by atoms with van der Waals surface area (Å²) in [6, 6.07) is 14.0. The van der Waals surface area contributed by atoms with Gasteiger partial charge < -0.3 is 4.98 Å². The Balaban J connectivity index is 2.31. The molecule has 1 N–H and O–H groups in total. The Morgan fingerprint density at radius 2 is 1.83 bits per heavy atom. The molecule has 2 aromatic heterocycles. The van der Waals surface area contributed by atoms with Crippen LogP contribution in [0.3, 0.4) is 0 Å². The van der Waals surface area contributed by atoms with E-state index in [1.165, 1.54) is 5.39 Å². The summed E-state index contributed by atoms with van der Waals surface area (Å²) in [6.07, 6.45) is 1.92. The molecule has 0 fully saturated rings. The molecule has 18 heavy (non-hydrogen) atoms. The van der Waals surface area contributed by atoms with Crippen LogP contribution in [0.4, 0.5) is 0 Å². The first-order chi connectivity index (χ1) is 8.83. The van der Waals surface area contributed by atoms with Gasteiger partial charge in [-0.05, 0) is 24.3 Å². The number of hydrogen-bond donors (Lipinski definition) is 1. The maximum atomic E-state index is 6.08. The van der Waals surface area contributed by atoms with Crippen molar-refractivity contribution in [2.24, 2.45) is 0 Å². The van der Waals surface area contributed by atoms with Crippen molar-refractivity contribution >= 4 is 44.3 Å². The zero-order valence-corrected chi connectivity index (χ0v) is 10.2. The van der Waals surface area contributed by atoms with Gasteiger partial charge in [0, 0.05) is 32.9 Å². The molecular weight excluding hydrogens is 244 g/mol. The minimum Gasteiger partial charge on any atom is -0.354 e. The molecule has 0 saturated carbocycles. The molecule has 0 amide bonds. The summed E-state index contributed by atoms with van der Waals surface area (Å²) >= 11 is 6.08. The lowest BCUT2D eigenvalue weighted by atomic mass is 10.1. The predicted molar refractivity (Wildman–Crippen MR) is 76.1 cm³/mol. The molecule has 0 saturated heterocycles. The molecule has 4 aromatic rings.